The fraction of sp³-hybridized carbons (Fsp3) is 0.372. The largest absolute Gasteiger partial charge is 0.207 e. The van der Waals surface area contributed by atoms with Crippen LogP contribution in [-0.2, 0) is 0 Å². The first-order valence-electron chi connectivity index (χ1n) is 32.4. The van der Waals surface area contributed by atoms with Crippen LogP contribution in [0.2, 0.25) is 0 Å². The lowest BCUT2D eigenvalue weighted by Crippen LogP contribution is -1.98. The molecular formula is C86H113F3. The normalized spacial score (nSPS) is 11.2. The van der Waals surface area contributed by atoms with E-state index in [2.05, 4.69) is 285 Å². The van der Waals surface area contributed by atoms with Crippen LogP contribution in [0.4, 0.5) is 13.2 Å². The van der Waals surface area contributed by atoms with Crippen molar-refractivity contribution >= 4 is 0 Å². The molecule has 478 valence electrons. The Labute approximate surface area is 541 Å². The van der Waals surface area contributed by atoms with Gasteiger partial charge in [-0.05, 0) is 290 Å². The molecular weight excluding hydrogens is 1090 g/mol. The Morgan fingerprint density at radius 2 is 0.607 bits per heavy atom. The molecule has 0 aliphatic heterocycles. The molecule has 0 nitrogen and oxygen atoms in total. The zero-order chi connectivity index (χ0) is 67.1. The first-order valence-corrected chi connectivity index (χ1v) is 32.4. The van der Waals surface area contributed by atoms with Gasteiger partial charge >= 0.3 is 0 Å². The molecule has 9 aromatic carbocycles. The van der Waals surface area contributed by atoms with Crippen LogP contribution in [-0.4, -0.2) is 0 Å². The Morgan fingerprint density at radius 3 is 0.944 bits per heavy atom. The van der Waals surface area contributed by atoms with Crippen molar-refractivity contribution < 1.29 is 13.2 Å². The second kappa shape index (κ2) is 40.4. The van der Waals surface area contributed by atoms with Gasteiger partial charge in [-0.3, -0.25) is 0 Å². The molecule has 9 aromatic rings. The summed E-state index contributed by atoms with van der Waals surface area (Å²) in [4.78, 5) is 0. The fourth-order valence-corrected chi connectivity index (χ4v) is 10.4. The highest BCUT2D eigenvalue weighted by Gasteiger charge is 2.18. The van der Waals surface area contributed by atoms with Crippen LogP contribution in [0.5, 0.6) is 0 Å². The topological polar surface area (TPSA) is 0 Å². The average Bonchev–Trinajstić information content (AvgIpc) is 4.15. The van der Waals surface area contributed by atoms with Gasteiger partial charge in [-0.2, -0.15) is 0 Å². The molecule has 0 saturated heterocycles. The first-order chi connectivity index (χ1) is 41.9. The maximum atomic E-state index is 12.6. The summed E-state index contributed by atoms with van der Waals surface area (Å²) in [6.45, 7) is 51.1. The van der Waals surface area contributed by atoms with Gasteiger partial charge in [-0.1, -0.05) is 218 Å². The van der Waals surface area contributed by atoms with Gasteiger partial charge in [0.2, 0.25) is 0 Å². The molecule has 0 unspecified atom stereocenters. The molecule has 0 aromatic heterocycles. The molecule has 0 N–H and O–H groups in total. The van der Waals surface area contributed by atoms with Crippen molar-refractivity contribution in [3.05, 3.63) is 316 Å². The van der Waals surface area contributed by atoms with E-state index in [-0.39, 0.29) is 5.82 Å². The van der Waals surface area contributed by atoms with Gasteiger partial charge in [-0.15, -0.1) is 0 Å². The van der Waals surface area contributed by atoms with Crippen molar-refractivity contribution in [2.75, 3.05) is 0 Å². The van der Waals surface area contributed by atoms with Crippen LogP contribution >= 0.6 is 0 Å². The Kier molecular flexibility index (Phi) is 35.4. The summed E-state index contributed by atoms with van der Waals surface area (Å²) in [5.74, 6) is 1.66. The monoisotopic (exact) mass is 1200 g/mol. The lowest BCUT2D eigenvalue weighted by atomic mass is 9.90. The molecule has 0 atom stereocenters. The van der Waals surface area contributed by atoms with Crippen LogP contribution < -0.4 is 0 Å². The SMILES string of the molecule is Cc1c(C(C)C)cccc1C(C)C.Cc1cc(C)c(C)c(C)c1.Cc1ccc(F)cc1F.Cc1cccc(C)c1C.Cc1cccc(C)c1C.Cc1cccc(F)c1C.Cc1ccccc1C.Cc1ccccc1C(C)C.Cc1ccccc1C1CCCC1. The maximum Gasteiger partial charge on any atom is 0.129 e. The summed E-state index contributed by atoms with van der Waals surface area (Å²) in [5, 5.41) is 0. The van der Waals surface area contributed by atoms with Gasteiger partial charge in [0.25, 0.3) is 0 Å². The van der Waals surface area contributed by atoms with Crippen molar-refractivity contribution in [1.82, 2.24) is 0 Å². The standard InChI is InChI=1S/C13H20.C12H16.2C10H14.2C9H12.C8H9F.C8H10.C7H6F2/c1-9(2)12-7-6-8-13(10(3)4)11(12)5;1-10-6-2-5-9-12(10)11-7-3-4-8-11;1-7-5-8(2)10(4)9(3)6-7;1-8(2)10-7-5-4-6-9(10)3;2*1-7-5-4-6-8(2)9(7)3;1-6-4-3-5-8(9)7(6)2;1-7-5-3-4-6-8(7)2;1-5-2-3-6(8)4-7(5)9/h6-10H,1-5H3;2,5-6,9,11H,3-4,7-8H2,1H3;5-6H,1-4H3;4-8H,1-3H3;2*4-6H,1-3H3;3-5H,1-2H3;3-6H,1-2H3;2-4H,1H3. The minimum absolute atomic E-state index is 0.116. The summed E-state index contributed by atoms with van der Waals surface area (Å²) in [5.41, 5.74) is 29.3. The third-order valence-electron chi connectivity index (χ3n) is 17.4. The summed E-state index contributed by atoms with van der Waals surface area (Å²) < 4.78 is 37.0. The number of aryl methyl sites for hydroxylation is 13. The lowest BCUT2D eigenvalue weighted by Gasteiger charge is -2.16. The molecule has 89 heavy (non-hydrogen) atoms. The van der Waals surface area contributed by atoms with E-state index in [0.717, 1.165) is 23.1 Å². The molecule has 1 aliphatic carbocycles. The van der Waals surface area contributed by atoms with E-state index < -0.39 is 11.6 Å². The van der Waals surface area contributed by atoms with Crippen LogP contribution in [0, 0.1) is 142 Å². The van der Waals surface area contributed by atoms with Gasteiger partial charge in [0.05, 0.1) is 0 Å². The van der Waals surface area contributed by atoms with E-state index in [1.807, 2.05) is 13.0 Å². The van der Waals surface area contributed by atoms with E-state index in [4.69, 9.17) is 0 Å². The predicted octanol–water partition coefficient (Wildman–Crippen LogP) is 26.2. The van der Waals surface area contributed by atoms with Crippen LogP contribution in [0.25, 0.3) is 0 Å². The molecule has 1 fully saturated rings. The molecule has 0 bridgehead atoms. The zero-order valence-electron chi connectivity index (χ0n) is 59.5. The lowest BCUT2D eigenvalue weighted by molar-refractivity contribution is 0.577. The number of hydrogen-bond donors (Lipinski definition) is 0. The average molecular weight is 1200 g/mol. The Bertz CT molecular complexity index is 3260. The predicted molar refractivity (Wildman–Crippen MR) is 387 cm³/mol. The third-order valence-corrected chi connectivity index (χ3v) is 17.4. The summed E-state index contributed by atoms with van der Waals surface area (Å²) in [6.07, 6.45) is 5.67. The van der Waals surface area contributed by atoms with Gasteiger partial charge in [0.1, 0.15) is 17.5 Å². The Morgan fingerprint density at radius 1 is 0.270 bits per heavy atom. The Balaban J connectivity index is 0.000000343. The zero-order valence-corrected chi connectivity index (χ0v) is 59.5. The summed E-state index contributed by atoms with van der Waals surface area (Å²) >= 11 is 0. The van der Waals surface area contributed by atoms with E-state index in [9.17, 15) is 13.2 Å². The number of halogens is 3. The molecule has 10 rings (SSSR count). The molecule has 1 aliphatic rings. The number of benzene rings is 9. The number of hydrogen-bond acceptors (Lipinski definition) is 0. The first kappa shape index (κ1) is 77.9. The van der Waals surface area contributed by atoms with Crippen molar-refractivity contribution in [1.29, 1.82) is 0 Å². The van der Waals surface area contributed by atoms with Gasteiger partial charge in [0.15, 0.2) is 0 Å². The molecule has 0 heterocycles. The van der Waals surface area contributed by atoms with E-state index >= 15 is 0 Å². The molecule has 0 amide bonds. The highest BCUT2D eigenvalue weighted by atomic mass is 19.1. The van der Waals surface area contributed by atoms with Crippen LogP contribution in [0.1, 0.15) is 213 Å². The van der Waals surface area contributed by atoms with Crippen molar-refractivity contribution in [3.8, 4) is 0 Å². The second-order valence-corrected chi connectivity index (χ2v) is 25.4. The van der Waals surface area contributed by atoms with Gasteiger partial charge in [0, 0.05) is 6.07 Å². The number of rotatable bonds is 4. The summed E-state index contributed by atoms with van der Waals surface area (Å²) in [6, 6.07) is 58.2. The third kappa shape index (κ3) is 28.0. The molecule has 1 saturated carbocycles. The summed E-state index contributed by atoms with van der Waals surface area (Å²) in [7, 11) is 0. The highest BCUT2D eigenvalue weighted by Crippen LogP contribution is 2.35. The van der Waals surface area contributed by atoms with Crippen molar-refractivity contribution in [2.24, 2.45) is 0 Å². The van der Waals surface area contributed by atoms with Crippen LogP contribution in [0.3, 0.4) is 0 Å². The minimum atomic E-state index is -0.530. The van der Waals surface area contributed by atoms with E-state index in [0.29, 0.717) is 23.3 Å². The quantitative estimate of drug-likeness (QED) is 0.165. The second-order valence-electron chi connectivity index (χ2n) is 25.4. The minimum Gasteiger partial charge on any atom is -0.207 e. The van der Waals surface area contributed by atoms with Crippen LogP contribution in [0.15, 0.2) is 176 Å². The fourth-order valence-electron chi connectivity index (χ4n) is 10.4. The highest BCUT2D eigenvalue weighted by molar-refractivity contribution is 5.39. The van der Waals surface area contributed by atoms with E-state index in [1.165, 1.54) is 144 Å². The van der Waals surface area contributed by atoms with Gasteiger partial charge < -0.3 is 0 Å². The molecule has 0 spiro atoms. The van der Waals surface area contributed by atoms with Gasteiger partial charge in [-0.25, -0.2) is 13.2 Å². The maximum absolute atomic E-state index is 12.6. The smallest absolute Gasteiger partial charge is 0.129 e. The van der Waals surface area contributed by atoms with E-state index in [1.54, 1.807) is 25.5 Å². The Hall–Kier alpha value is -7.23. The van der Waals surface area contributed by atoms with Crippen molar-refractivity contribution in [2.45, 2.75) is 216 Å². The molecule has 0 radical (unpaired) electrons. The van der Waals surface area contributed by atoms with Crippen molar-refractivity contribution in [3.63, 3.8) is 0 Å². The molecule has 3 heteroatoms.